The molecule has 4 nitrogen and oxygen atoms in total. The highest BCUT2D eigenvalue weighted by Crippen LogP contribution is 2.41. The van der Waals surface area contributed by atoms with E-state index in [-0.39, 0.29) is 18.4 Å². The Balaban J connectivity index is 2.13. The first-order valence-corrected chi connectivity index (χ1v) is 9.10. The Kier molecular flexibility index (Phi) is 5.07. The Morgan fingerprint density at radius 3 is 2.74 bits per heavy atom. The number of carbonyl (C=O) groups is 1. The molecule has 0 bridgehead atoms. The fraction of sp³-hybridized carbons (Fsp3) is 0.500. The smallest absolute Gasteiger partial charge is 0.225 e. The van der Waals surface area contributed by atoms with E-state index in [1.807, 2.05) is 29.0 Å². The second-order valence-electron chi connectivity index (χ2n) is 6.41. The number of halogens is 1. The molecule has 124 valence electrons. The first-order chi connectivity index (χ1) is 11.1. The average molecular weight is 379 g/mol. The molecule has 0 radical (unpaired) electrons. The van der Waals surface area contributed by atoms with Gasteiger partial charge in [-0.1, -0.05) is 41.3 Å². The van der Waals surface area contributed by atoms with Gasteiger partial charge in [-0.15, -0.1) is 0 Å². The number of aliphatic hydroxyl groups is 1. The van der Waals surface area contributed by atoms with Crippen molar-refractivity contribution in [2.45, 2.75) is 44.6 Å². The predicted molar refractivity (Wildman–Crippen MR) is 95.2 cm³/mol. The molecule has 1 amide bonds. The number of primary amides is 1. The van der Waals surface area contributed by atoms with Crippen molar-refractivity contribution in [2.75, 3.05) is 6.61 Å². The van der Waals surface area contributed by atoms with E-state index in [0.717, 1.165) is 33.8 Å². The van der Waals surface area contributed by atoms with Gasteiger partial charge in [0.05, 0.1) is 12.5 Å². The highest BCUT2D eigenvalue weighted by Gasteiger charge is 2.32. The number of carbonyl (C=O) groups excluding carboxylic acids is 1. The Hall–Kier alpha value is -1.33. The molecule has 3 rings (SSSR count). The molecule has 1 aromatic heterocycles. The molecule has 3 N–H and O–H groups in total. The van der Waals surface area contributed by atoms with Crippen LogP contribution in [0.25, 0.3) is 10.9 Å². The van der Waals surface area contributed by atoms with Gasteiger partial charge in [0.25, 0.3) is 0 Å². The lowest BCUT2D eigenvalue weighted by Crippen LogP contribution is -2.29. The number of hydrogen-bond donors (Lipinski definition) is 2. The summed E-state index contributed by atoms with van der Waals surface area (Å²) in [5.74, 6) is -0.173. The van der Waals surface area contributed by atoms with E-state index in [1.54, 1.807) is 0 Å². The SMILES string of the molecule is NC(=O)C(c1cn(CCO)c2cccc(Br)c12)C1CCCCC1. The minimum Gasteiger partial charge on any atom is -0.395 e. The maximum Gasteiger partial charge on any atom is 0.225 e. The Morgan fingerprint density at radius 2 is 2.09 bits per heavy atom. The van der Waals surface area contributed by atoms with Crippen molar-refractivity contribution in [1.82, 2.24) is 4.57 Å². The number of aliphatic hydroxyl groups excluding tert-OH is 1. The molecule has 5 heteroatoms. The van der Waals surface area contributed by atoms with E-state index in [1.165, 1.54) is 19.3 Å². The molecule has 1 aromatic carbocycles. The molecule has 1 unspecified atom stereocenters. The standard InChI is InChI=1S/C18H23BrN2O2/c19-14-7-4-8-15-17(14)13(11-21(15)9-10-22)16(18(20)23)12-5-2-1-3-6-12/h4,7-8,11-12,16,22H,1-3,5-6,9-10H2,(H2,20,23). The van der Waals surface area contributed by atoms with Crippen LogP contribution < -0.4 is 5.73 Å². The normalized spacial score (nSPS) is 17.5. The Morgan fingerprint density at radius 1 is 1.35 bits per heavy atom. The van der Waals surface area contributed by atoms with Gasteiger partial charge in [0, 0.05) is 28.1 Å². The summed E-state index contributed by atoms with van der Waals surface area (Å²) >= 11 is 3.63. The lowest BCUT2D eigenvalue weighted by atomic mass is 9.76. The fourth-order valence-electron chi connectivity index (χ4n) is 3.98. The van der Waals surface area contributed by atoms with Gasteiger partial charge in [-0.2, -0.15) is 0 Å². The molecule has 1 atom stereocenters. The Labute approximate surface area is 144 Å². The highest BCUT2D eigenvalue weighted by molar-refractivity contribution is 9.10. The summed E-state index contributed by atoms with van der Waals surface area (Å²) in [5.41, 5.74) is 7.84. The van der Waals surface area contributed by atoms with Crippen LogP contribution in [0.3, 0.4) is 0 Å². The quantitative estimate of drug-likeness (QED) is 0.834. The fourth-order valence-corrected chi connectivity index (χ4v) is 4.56. The minimum atomic E-state index is -0.253. The number of hydrogen-bond acceptors (Lipinski definition) is 2. The van der Waals surface area contributed by atoms with Crippen LogP contribution >= 0.6 is 15.9 Å². The van der Waals surface area contributed by atoms with Crippen molar-refractivity contribution < 1.29 is 9.90 Å². The molecule has 1 aliphatic carbocycles. The maximum absolute atomic E-state index is 12.3. The average Bonchev–Trinajstić information content (AvgIpc) is 2.89. The molecular weight excluding hydrogens is 356 g/mol. The summed E-state index contributed by atoms with van der Waals surface area (Å²) in [6.45, 7) is 0.587. The maximum atomic E-state index is 12.3. The zero-order chi connectivity index (χ0) is 16.4. The Bertz CT molecular complexity index is 704. The lowest BCUT2D eigenvalue weighted by Gasteiger charge is -2.28. The van der Waals surface area contributed by atoms with E-state index in [0.29, 0.717) is 12.5 Å². The molecule has 23 heavy (non-hydrogen) atoms. The van der Waals surface area contributed by atoms with Crippen molar-refractivity contribution in [3.05, 3.63) is 34.4 Å². The van der Waals surface area contributed by atoms with Crippen LogP contribution in [-0.2, 0) is 11.3 Å². The molecule has 0 spiro atoms. The predicted octanol–water partition coefficient (Wildman–Crippen LogP) is 3.55. The van der Waals surface area contributed by atoms with Crippen molar-refractivity contribution >= 4 is 32.7 Å². The molecule has 1 fully saturated rings. The topological polar surface area (TPSA) is 68.2 Å². The van der Waals surface area contributed by atoms with Crippen LogP contribution in [0.15, 0.2) is 28.9 Å². The van der Waals surface area contributed by atoms with Gasteiger partial charge in [-0.25, -0.2) is 0 Å². The zero-order valence-corrected chi connectivity index (χ0v) is 14.8. The van der Waals surface area contributed by atoms with E-state index >= 15 is 0 Å². The van der Waals surface area contributed by atoms with Gasteiger partial charge in [-0.05, 0) is 36.5 Å². The summed E-state index contributed by atoms with van der Waals surface area (Å²) in [7, 11) is 0. The zero-order valence-electron chi connectivity index (χ0n) is 13.2. The molecule has 2 aromatic rings. The van der Waals surface area contributed by atoms with E-state index in [9.17, 15) is 9.90 Å². The van der Waals surface area contributed by atoms with Crippen LogP contribution in [0.1, 0.15) is 43.6 Å². The largest absolute Gasteiger partial charge is 0.395 e. The molecule has 1 heterocycles. The number of fused-ring (bicyclic) bond motifs is 1. The molecular formula is C18H23BrN2O2. The van der Waals surface area contributed by atoms with E-state index < -0.39 is 0 Å². The highest BCUT2D eigenvalue weighted by atomic mass is 79.9. The third-order valence-electron chi connectivity index (χ3n) is 4.99. The van der Waals surface area contributed by atoms with Gasteiger partial charge < -0.3 is 15.4 Å². The summed E-state index contributed by atoms with van der Waals surface area (Å²) < 4.78 is 3.00. The summed E-state index contributed by atoms with van der Waals surface area (Å²) in [6.07, 6.45) is 7.72. The summed E-state index contributed by atoms with van der Waals surface area (Å²) in [5, 5.41) is 10.4. The first kappa shape index (κ1) is 16.5. The van der Waals surface area contributed by atoms with E-state index in [2.05, 4.69) is 15.9 Å². The molecule has 1 aliphatic rings. The van der Waals surface area contributed by atoms with Gasteiger partial charge in [-0.3, -0.25) is 4.79 Å². The van der Waals surface area contributed by atoms with Gasteiger partial charge in [0.1, 0.15) is 0 Å². The first-order valence-electron chi connectivity index (χ1n) is 8.31. The van der Waals surface area contributed by atoms with Crippen molar-refractivity contribution in [3.8, 4) is 0 Å². The number of nitrogens with zero attached hydrogens (tertiary/aromatic N) is 1. The van der Waals surface area contributed by atoms with Crippen molar-refractivity contribution in [3.63, 3.8) is 0 Å². The van der Waals surface area contributed by atoms with Crippen molar-refractivity contribution in [1.29, 1.82) is 0 Å². The second kappa shape index (κ2) is 7.05. The number of benzene rings is 1. The van der Waals surface area contributed by atoms with Crippen LogP contribution in [-0.4, -0.2) is 22.2 Å². The van der Waals surface area contributed by atoms with Crippen molar-refractivity contribution in [2.24, 2.45) is 11.7 Å². The lowest BCUT2D eigenvalue weighted by molar-refractivity contribution is -0.120. The van der Waals surface area contributed by atoms with Crippen LogP contribution in [0.2, 0.25) is 0 Å². The summed E-state index contributed by atoms with van der Waals surface area (Å²) in [4.78, 5) is 12.3. The number of aromatic nitrogens is 1. The van der Waals surface area contributed by atoms with Gasteiger partial charge in [0.2, 0.25) is 5.91 Å². The monoisotopic (exact) mass is 378 g/mol. The number of nitrogens with two attached hydrogens (primary N) is 1. The van der Waals surface area contributed by atoms with Gasteiger partial charge in [0.15, 0.2) is 0 Å². The van der Waals surface area contributed by atoms with E-state index in [4.69, 9.17) is 5.73 Å². The molecule has 0 saturated heterocycles. The van der Waals surface area contributed by atoms with Crippen LogP contribution in [0.4, 0.5) is 0 Å². The third-order valence-corrected chi connectivity index (χ3v) is 5.65. The second-order valence-corrected chi connectivity index (χ2v) is 7.27. The van der Waals surface area contributed by atoms with Crippen LogP contribution in [0.5, 0.6) is 0 Å². The third kappa shape index (κ3) is 3.17. The molecule has 0 aliphatic heterocycles. The van der Waals surface area contributed by atoms with Gasteiger partial charge >= 0.3 is 0 Å². The molecule has 1 saturated carbocycles. The number of rotatable bonds is 5. The minimum absolute atomic E-state index is 0.0698. The number of amides is 1. The van der Waals surface area contributed by atoms with Crippen LogP contribution in [0, 0.1) is 5.92 Å². The summed E-state index contributed by atoms with van der Waals surface area (Å²) in [6, 6.07) is 6.00.